The number of β-amino-alcohol motifs (C(OH)–C–C–N with tert-alkyl or cyclic N) is 1. The predicted molar refractivity (Wildman–Crippen MR) is 94.2 cm³/mol. The highest BCUT2D eigenvalue weighted by molar-refractivity contribution is 5.95. The number of aliphatic carboxylic acids is 1. The molecule has 0 radical (unpaired) electrons. The molecule has 1 aliphatic heterocycles. The molecule has 25 heavy (non-hydrogen) atoms. The standard InChI is InChI=1S/C20H21NO4/c22-18-12-17(10-11-19(23)24)21(13-18)20(25)16-8-6-15(7-9-16)14-4-2-1-3-5-14/h1-9,17-18,22H,10-13H2,(H,23,24). The third-order valence-electron chi connectivity index (χ3n) is 4.58. The maximum atomic E-state index is 12.8. The van der Waals surface area contributed by atoms with Crippen molar-refractivity contribution in [3.05, 3.63) is 60.2 Å². The number of amides is 1. The Bertz CT molecular complexity index is 742. The van der Waals surface area contributed by atoms with Crippen LogP contribution in [-0.4, -0.2) is 45.7 Å². The van der Waals surface area contributed by atoms with Crippen molar-refractivity contribution >= 4 is 11.9 Å². The number of aliphatic hydroxyl groups excluding tert-OH is 1. The second kappa shape index (κ2) is 7.49. The second-order valence-electron chi connectivity index (χ2n) is 6.38. The molecule has 5 nitrogen and oxygen atoms in total. The molecule has 2 aromatic rings. The second-order valence-corrected chi connectivity index (χ2v) is 6.38. The molecule has 0 bridgehead atoms. The largest absolute Gasteiger partial charge is 0.481 e. The van der Waals surface area contributed by atoms with E-state index in [0.29, 0.717) is 18.4 Å². The van der Waals surface area contributed by atoms with Gasteiger partial charge in [-0.25, -0.2) is 0 Å². The number of carboxylic acid groups (broad SMARTS) is 1. The molecule has 3 rings (SSSR count). The maximum Gasteiger partial charge on any atom is 0.303 e. The van der Waals surface area contributed by atoms with Crippen LogP contribution >= 0.6 is 0 Å². The van der Waals surface area contributed by atoms with Crippen LogP contribution in [0.25, 0.3) is 11.1 Å². The van der Waals surface area contributed by atoms with Crippen molar-refractivity contribution in [3.8, 4) is 11.1 Å². The highest BCUT2D eigenvalue weighted by Gasteiger charge is 2.34. The molecule has 130 valence electrons. The van der Waals surface area contributed by atoms with E-state index < -0.39 is 12.1 Å². The van der Waals surface area contributed by atoms with Crippen LogP contribution in [0.2, 0.25) is 0 Å². The van der Waals surface area contributed by atoms with Crippen molar-refractivity contribution in [2.75, 3.05) is 6.54 Å². The number of rotatable bonds is 5. The van der Waals surface area contributed by atoms with Crippen molar-refractivity contribution in [2.24, 2.45) is 0 Å². The fraction of sp³-hybridized carbons (Fsp3) is 0.300. The third-order valence-corrected chi connectivity index (χ3v) is 4.58. The Kier molecular flexibility index (Phi) is 5.14. The number of hydrogen-bond acceptors (Lipinski definition) is 3. The molecule has 0 saturated carbocycles. The van der Waals surface area contributed by atoms with Crippen LogP contribution in [0, 0.1) is 0 Å². The minimum atomic E-state index is -0.888. The van der Waals surface area contributed by atoms with E-state index in [4.69, 9.17) is 5.11 Å². The first-order valence-electron chi connectivity index (χ1n) is 8.41. The van der Waals surface area contributed by atoms with Gasteiger partial charge in [0.1, 0.15) is 0 Å². The van der Waals surface area contributed by atoms with Crippen molar-refractivity contribution < 1.29 is 19.8 Å². The summed E-state index contributed by atoms with van der Waals surface area (Å²) in [5.41, 5.74) is 2.66. The lowest BCUT2D eigenvalue weighted by molar-refractivity contribution is -0.137. The van der Waals surface area contributed by atoms with Gasteiger partial charge in [-0.1, -0.05) is 42.5 Å². The van der Waals surface area contributed by atoms with Gasteiger partial charge in [-0.15, -0.1) is 0 Å². The summed E-state index contributed by atoms with van der Waals surface area (Å²) in [6.45, 7) is 0.254. The Morgan fingerprint density at radius 1 is 1.00 bits per heavy atom. The van der Waals surface area contributed by atoms with Gasteiger partial charge in [0.15, 0.2) is 0 Å². The predicted octanol–water partition coefficient (Wildman–Crippen LogP) is 2.79. The Hall–Kier alpha value is -2.66. The van der Waals surface area contributed by atoms with Gasteiger partial charge in [0, 0.05) is 24.6 Å². The maximum absolute atomic E-state index is 12.8. The average molecular weight is 339 g/mol. The zero-order valence-electron chi connectivity index (χ0n) is 13.8. The lowest BCUT2D eigenvalue weighted by atomic mass is 10.0. The topological polar surface area (TPSA) is 77.8 Å². The zero-order valence-corrected chi connectivity index (χ0v) is 13.8. The smallest absolute Gasteiger partial charge is 0.303 e. The summed E-state index contributed by atoms with van der Waals surface area (Å²) in [5, 5.41) is 18.7. The molecule has 2 unspecified atom stereocenters. The van der Waals surface area contributed by atoms with Crippen LogP contribution in [-0.2, 0) is 4.79 Å². The van der Waals surface area contributed by atoms with E-state index in [-0.39, 0.29) is 24.9 Å². The summed E-state index contributed by atoms with van der Waals surface area (Å²) in [6.07, 6.45) is 0.196. The SMILES string of the molecule is O=C(O)CCC1CC(O)CN1C(=O)c1ccc(-c2ccccc2)cc1. The van der Waals surface area contributed by atoms with Gasteiger partial charge in [0.2, 0.25) is 0 Å². The Morgan fingerprint density at radius 3 is 2.28 bits per heavy atom. The van der Waals surface area contributed by atoms with Crippen LogP contribution in [0.5, 0.6) is 0 Å². The van der Waals surface area contributed by atoms with Crippen LogP contribution in [0.4, 0.5) is 0 Å². The van der Waals surface area contributed by atoms with E-state index in [1.165, 1.54) is 0 Å². The number of likely N-dealkylation sites (tertiary alicyclic amines) is 1. The molecule has 2 N–H and O–H groups in total. The molecule has 1 aliphatic rings. The third kappa shape index (κ3) is 4.06. The van der Waals surface area contributed by atoms with Gasteiger partial charge in [-0.05, 0) is 36.1 Å². The van der Waals surface area contributed by atoms with Gasteiger partial charge in [-0.2, -0.15) is 0 Å². The fourth-order valence-electron chi connectivity index (χ4n) is 3.31. The summed E-state index contributed by atoms with van der Waals surface area (Å²) < 4.78 is 0. The van der Waals surface area contributed by atoms with E-state index in [1.54, 1.807) is 17.0 Å². The Morgan fingerprint density at radius 2 is 1.64 bits per heavy atom. The van der Waals surface area contributed by atoms with Gasteiger partial charge in [-0.3, -0.25) is 9.59 Å². The van der Waals surface area contributed by atoms with E-state index in [1.807, 2.05) is 42.5 Å². The van der Waals surface area contributed by atoms with Crippen molar-refractivity contribution in [3.63, 3.8) is 0 Å². The highest BCUT2D eigenvalue weighted by atomic mass is 16.4. The molecule has 2 aromatic carbocycles. The van der Waals surface area contributed by atoms with Crippen LogP contribution in [0.1, 0.15) is 29.6 Å². The monoisotopic (exact) mass is 339 g/mol. The molecule has 0 aromatic heterocycles. The number of benzene rings is 2. The van der Waals surface area contributed by atoms with Crippen LogP contribution < -0.4 is 0 Å². The quantitative estimate of drug-likeness (QED) is 0.878. The van der Waals surface area contributed by atoms with Gasteiger partial charge >= 0.3 is 5.97 Å². The first-order chi connectivity index (χ1) is 12.0. The number of aliphatic hydroxyl groups is 1. The first kappa shape index (κ1) is 17.2. The van der Waals surface area contributed by atoms with E-state index in [9.17, 15) is 14.7 Å². The van der Waals surface area contributed by atoms with E-state index >= 15 is 0 Å². The van der Waals surface area contributed by atoms with Crippen molar-refractivity contribution in [1.29, 1.82) is 0 Å². The molecule has 1 amide bonds. The Labute approximate surface area is 146 Å². The minimum absolute atomic E-state index is 0.00584. The summed E-state index contributed by atoms with van der Waals surface area (Å²) in [6, 6.07) is 17.0. The molecular weight excluding hydrogens is 318 g/mol. The van der Waals surface area contributed by atoms with Crippen LogP contribution in [0.3, 0.4) is 0 Å². The lowest BCUT2D eigenvalue weighted by Gasteiger charge is -2.24. The summed E-state index contributed by atoms with van der Waals surface area (Å²) in [7, 11) is 0. The number of carbonyl (C=O) groups is 2. The van der Waals surface area contributed by atoms with Crippen molar-refractivity contribution in [1.82, 2.24) is 4.90 Å². The lowest BCUT2D eigenvalue weighted by Crippen LogP contribution is -2.36. The van der Waals surface area contributed by atoms with Crippen LogP contribution in [0.15, 0.2) is 54.6 Å². The minimum Gasteiger partial charge on any atom is -0.481 e. The summed E-state index contributed by atoms with van der Waals surface area (Å²) >= 11 is 0. The van der Waals surface area contributed by atoms with E-state index in [0.717, 1.165) is 11.1 Å². The van der Waals surface area contributed by atoms with Gasteiger partial charge in [0.05, 0.1) is 6.10 Å². The number of nitrogens with zero attached hydrogens (tertiary/aromatic N) is 1. The number of carboxylic acids is 1. The molecule has 1 saturated heterocycles. The number of carbonyl (C=O) groups excluding carboxylic acids is 1. The van der Waals surface area contributed by atoms with Crippen molar-refractivity contribution in [2.45, 2.75) is 31.4 Å². The Balaban J connectivity index is 1.74. The average Bonchev–Trinajstić information content (AvgIpc) is 3.01. The normalized spacial score (nSPS) is 19.8. The molecule has 0 aliphatic carbocycles. The summed E-state index contributed by atoms with van der Waals surface area (Å²) in [4.78, 5) is 25.2. The molecule has 1 fully saturated rings. The van der Waals surface area contributed by atoms with E-state index in [2.05, 4.69) is 0 Å². The molecule has 1 heterocycles. The van der Waals surface area contributed by atoms with Gasteiger partial charge < -0.3 is 15.1 Å². The molecule has 2 atom stereocenters. The number of hydrogen-bond donors (Lipinski definition) is 2. The highest BCUT2D eigenvalue weighted by Crippen LogP contribution is 2.25. The van der Waals surface area contributed by atoms with Gasteiger partial charge in [0.25, 0.3) is 5.91 Å². The summed E-state index contributed by atoms with van der Waals surface area (Å²) in [5.74, 6) is -1.05. The molecule has 5 heteroatoms. The first-order valence-corrected chi connectivity index (χ1v) is 8.41. The molecular formula is C20H21NO4. The molecule has 0 spiro atoms. The fourth-order valence-corrected chi connectivity index (χ4v) is 3.31. The zero-order chi connectivity index (χ0) is 17.8.